The lowest BCUT2D eigenvalue weighted by Crippen LogP contribution is -2.43. The van der Waals surface area contributed by atoms with E-state index in [9.17, 15) is 16.8 Å². The number of sulfone groups is 2. The van der Waals surface area contributed by atoms with E-state index in [0.717, 1.165) is 17.5 Å². The van der Waals surface area contributed by atoms with Crippen molar-refractivity contribution in [3.63, 3.8) is 0 Å². The van der Waals surface area contributed by atoms with E-state index in [1.807, 2.05) is 37.3 Å². The van der Waals surface area contributed by atoms with Gasteiger partial charge >= 0.3 is 0 Å². The van der Waals surface area contributed by atoms with Gasteiger partial charge in [-0.3, -0.25) is 0 Å². The van der Waals surface area contributed by atoms with Crippen LogP contribution in [0.1, 0.15) is 18.1 Å². The average molecular weight is 394 g/mol. The van der Waals surface area contributed by atoms with Crippen molar-refractivity contribution in [3.8, 4) is 0 Å². The van der Waals surface area contributed by atoms with Crippen molar-refractivity contribution in [2.45, 2.75) is 36.1 Å². The maximum Gasteiger partial charge on any atom is 0.183 e. The molecule has 2 aromatic rings. The highest BCUT2D eigenvalue weighted by atomic mass is 32.2. The summed E-state index contributed by atoms with van der Waals surface area (Å²) in [5, 5.41) is 2.17. The van der Waals surface area contributed by atoms with Gasteiger partial charge in [0.1, 0.15) is 0 Å². The summed E-state index contributed by atoms with van der Waals surface area (Å²) in [4.78, 5) is 0.184. The minimum absolute atomic E-state index is 0.156. The fourth-order valence-corrected chi connectivity index (χ4v) is 7.96. The molecule has 0 aromatic heterocycles. The van der Waals surface area contributed by atoms with Crippen LogP contribution in [0.15, 0.2) is 59.5 Å². The molecule has 5 nitrogen and oxygen atoms in total. The van der Waals surface area contributed by atoms with Gasteiger partial charge in [-0.25, -0.2) is 16.8 Å². The standard InChI is InChI=1S/C19H23NO4S2/c1-2-15-8-10-17(11-9-15)26(23,24)19-14-25(21,22)13-18(19)20-12-16-6-4-3-5-7-16/h3-11,18-20H,2,12-14H2,1H3/t18-,19-/m1/s1. The first-order valence-electron chi connectivity index (χ1n) is 8.62. The minimum Gasteiger partial charge on any atom is -0.308 e. The molecule has 0 aliphatic carbocycles. The van der Waals surface area contributed by atoms with Gasteiger partial charge < -0.3 is 5.32 Å². The highest BCUT2D eigenvalue weighted by Gasteiger charge is 2.45. The number of nitrogens with one attached hydrogen (secondary N) is 1. The summed E-state index contributed by atoms with van der Waals surface area (Å²) in [6, 6.07) is 15.6. The number of hydrogen-bond donors (Lipinski definition) is 1. The lowest BCUT2D eigenvalue weighted by Gasteiger charge is -2.20. The first-order chi connectivity index (χ1) is 12.3. The smallest absolute Gasteiger partial charge is 0.183 e. The SMILES string of the molecule is CCc1ccc(S(=O)(=O)[C@@H]2CS(=O)(=O)C[C@H]2NCc2ccccc2)cc1. The molecule has 0 saturated carbocycles. The second-order valence-electron chi connectivity index (χ2n) is 6.63. The lowest BCUT2D eigenvalue weighted by atomic mass is 10.2. The fourth-order valence-electron chi connectivity index (χ4n) is 3.25. The van der Waals surface area contributed by atoms with Crippen molar-refractivity contribution >= 4 is 19.7 Å². The Morgan fingerprint density at radius 2 is 1.62 bits per heavy atom. The Balaban J connectivity index is 1.84. The lowest BCUT2D eigenvalue weighted by molar-refractivity contribution is 0.526. The summed E-state index contributed by atoms with van der Waals surface area (Å²) in [5.41, 5.74) is 2.03. The Kier molecular flexibility index (Phi) is 5.50. The van der Waals surface area contributed by atoms with Crippen LogP contribution < -0.4 is 5.32 Å². The Hall–Kier alpha value is -1.70. The molecule has 1 N–H and O–H groups in total. The van der Waals surface area contributed by atoms with E-state index in [1.54, 1.807) is 24.3 Å². The zero-order chi connectivity index (χ0) is 18.8. The molecule has 3 rings (SSSR count). The zero-order valence-corrected chi connectivity index (χ0v) is 16.3. The molecule has 1 aliphatic heterocycles. The molecule has 140 valence electrons. The topological polar surface area (TPSA) is 80.3 Å². The van der Waals surface area contributed by atoms with Gasteiger partial charge in [0.25, 0.3) is 0 Å². The van der Waals surface area contributed by atoms with Crippen molar-refractivity contribution in [1.82, 2.24) is 5.32 Å². The molecule has 0 amide bonds. The normalized spacial score (nSPS) is 22.3. The van der Waals surface area contributed by atoms with E-state index in [-0.39, 0.29) is 16.4 Å². The molecule has 0 bridgehead atoms. The predicted octanol–water partition coefficient (Wildman–Crippen LogP) is 1.98. The van der Waals surface area contributed by atoms with Gasteiger partial charge in [0.2, 0.25) is 0 Å². The number of hydrogen-bond acceptors (Lipinski definition) is 5. The minimum atomic E-state index is -3.73. The van der Waals surface area contributed by atoms with Crippen LogP contribution in [0, 0.1) is 0 Å². The van der Waals surface area contributed by atoms with Crippen molar-refractivity contribution < 1.29 is 16.8 Å². The molecule has 2 aromatic carbocycles. The van der Waals surface area contributed by atoms with Gasteiger partial charge in [0.05, 0.1) is 21.7 Å². The second kappa shape index (κ2) is 7.50. The van der Waals surface area contributed by atoms with Crippen molar-refractivity contribution in [2.75, 3.05) is 11.5 Å². The summed E-state index contributed by atoms with van der Waals surface area (Å²) in [7, 11) is -7.12. The Labute approximate surface area is 155 Å². The molecular formula is C19H23NO4S2. The average Bonchev–Trinajstić information content (AvgIpc) is 2.96. The maximum atomic E-state index is 13.0. The van der Waals surface area contributed by atoms with Crippen LogP contribution >= 0.6 is 0 Å². The highest BCUT2D eigenvalue weighted by Crippen LogP contribution is 2.26. The van der Waals surface area contributed by atoms with E-state index in [4.69, 9.17) is 0 Å². The number of aryl methyl sites for hydroxylation is 1. The Bertz CT molecular complexity index is 952. The summed E-state index contributed by atoms with van der Waals surface area (Å²) >= 11 is 0. The van der Waals surface area contributed by atoms with Gasteiger partial charge in [-0.2, -0.15) is 0 Å². The van der Waals surface area contributed by atoms with Crippen molar-refractivity contribution in [2.24, 2.45) is 0 Å². The molecule has 26 heavy (non-hydrogen) atoms. The summed E-state index contributed by atoms with van der Waals surface area (Å²) in [6.07, 6.45) is 0.819. The van der Waals surface area contributed by atoms with Crippen LogP contribution in [-0.4, -0.2) is 39.6 Å². The van der Waals surface area contributed by atoms with Gasteiger partial charge in [-0.1, -0.05) is 49.4 Å². The van der Waals surface area contributed by atoms with Crippen LogP contribution in [-0.2, 0) is 32.6 Å². The molecule has 1 fully saturated rings. The van der Waals surface area contributed by atoms with Crippen LogP contribution in [0.4, 0.5) is 0 Å². The monoisotopic (exact) mass is 393 g/mol. The molecule has 1 heterocycles. The summed E-state index contributed by atoms with van der Waals surface area (Å²) < 4.78 is 50.4. The van der Waals surface area contributed by atoms with Crippen LogP contribution in [0.5, 0.6) is 0 Å². The van der Waals surface area contributed by atoms with Gasteiger partial charge in [0.15, 0.2) is 19.7 Å². The molecule has 1 aliphatic rings. The first-order valence-corrected chi connectivity index (χ1v) is 12.0. The molecule has 2 atom stereocenters. The van der Waals surface area contributed by atoms with Crippen LogP contribution in [0.2, 0.25) is 0 Å². The quantitative estimate of drug-likeness (QED) is 0.812. The number of benzene rings is 2. The third-order valence-electron chi connectivity index (χ3n) is 4.77. The third kappa shape index (κ3) is 4.16. The zero-order valence-electron chi connectivity index (χ0n) is 14.6. The first kappa shape index (κ1) is 19.1. The maximum absolute atomic E-state index is 13.0. The second-order valence-corrected chi connectivity index (χ2v) is 11.0. The van der Waals surface area contributed by atoms with E-state index in [0.29, 0.717) is 6.54 Å². The molecule has 1 saturated heterocycles. The Morgan fingerprint density at radius 1 is 0.962 bits per heavy atom. The summed E-state index contributed by atoms with van der Waals surface area (Å²) in [6.45, 7) is 2.43. The highest BCUT2D eigenvalue weighted by molar-refractivity contribution is 7.96. The predicted molar refractivity (Wildman–Crippen MR) is 103 cm³/mol. The fraction of sp³-hybridized carbons (Fsp3) is 0.368. The van der Waals surface area contributed by atoms with Crippen molar-refractivity contribution in [1.29, 1.82) is 0 Å². The van der Waals surface area contributed by atoms with Crippen LogP contribution in [0.3, 0.4) is 0 Å². The Morgan fingerprint density at radius 3 is 2.23 bits per heavy atom. The van der Waals surface area contributed by atoms with E-state index in [1.165, 1.54) is 0 Å². The summed E-state index contributed by atoms with van der Waals surface area (Å²) in [5.74, 6) is -0.492. The van der Waals surface area contributed by atoms with E-state index >= 15 is 0 Å². The van der Waals surface area contributed by atoms with Gasteiger partial charge in [0, 0.05) is 12.6 Å². The van der Waals surface area contributed by atoms with E-state index in [2.05, 4.69) is 5.32 Å². The molecular weight excluding hydrogens is 370 g/mol. The molecule has 0 unspecified atom stereocenters. The largest absolute Gasteiger partial charge is 0.308 e. The third-order valence-corrected chi connectivity index (χ3v) is 8.94. The van der Waals surface area contributed by atoms with E-state index < -0.39 is 31.0 Å². The molecule has 7 heteroatoms. The van der Waals surface area contributed by atoms with Gasteiger partial charge in [-0.15, -0.1) is 0 Å². The van der Waals surface area contributed by atoms with Gasteiger partial charge in [-0.05, 0) is 29.7 Å². The van der Waals surface area contributed by atoms with Crippen LogP contribution in [0.25, 0.3) is 0 Å². The van der Waals surface area contributed by atoms with Crippen molar-refractivity contribution in [3.05, 3.63) is 65.7 Å². The molecule has 0 spiro atoms. The molecule has 0 radical (unpaired) electrons. The number of rotatable bonds is 6.